The van der Waals surface area contributed by atoms with Crippen LogP contribution in [-0.4, -0.2) is 27.1 Å². The molecule has 128 valence electrons. The number of hydrogen-bond donors (Lipinski definition) is 0. The van der Waals surface area contributed by atoms with E-state index in [0.29, 0.717) is 12.3 Å². The number of aromatic nitrogens is 2. The number of aryl methyl sites for hydroxylation is 2. The summed E-state index contributed by atoms with van der Waals surface area (Å²) in [5, 5.41) is 4.18. The van der Waals surface area contributed by atoms with Crippen LogP contribution in [0.15, 0.2) is 42.7 Å². The molecule has 0 N–H and O–H groups in total. The fraction of sp³-hybridized carbons (Fsp3) is 0.500. The first-order chi connectivity index (χ1) is 11.6. The zero-order chi connectivity index (χ0) is 16.9. The lowest BCUT2D eigenvalue weighted by Gasteiger charge is -2.36. The van der Waals surface area contributed by atoms with Crippen LogP contribution in [0.2, 0.25) is 0 Å². The summed E-state index contributed by atoms with van der Waals surface area (Å²) >= 11 is 0. The molecule has 0 aliphatic heterocycles. The largest absolute Gasteiger partial charge is 0.336 e. The smallest absolute Gasteiger partial charge is 0.223 e. The van der Waals surface area contributed by atoms with E-state index >= 15 is 0 Å². The molecule has 4 nitrogen and oxygen atoms in total. The Balaban J connectivity index is 1.67. The second-order valence-corrected chi connectivity index (χ2v) is 6.95. The molecule has 0 bridgehead atoms. The lowest BCUT2D eigenvalue weighted by Crippen LogP contribution is -2.39. The summed E-state index contributed by atoms with van der Waals surface area (Å²) in [5.41, 5.74) is 2.34. The Hall–Kier alpha value is -2.10. The number of rotatable bonds is 7. The van der Waals surface area contributed by atoms with Gasteiger partial charge in [0, 0.05) is 26.2 Å². The number of benzene rings is 1. The van der Waals surface area contributed by atoms with Crippen molar-refractivity contribution in [2.45, 2.75) is 45.1 Å². The van der Waals surface area contributed by atoms with Gasteiger partial charge in [-0.1, -0.05) is 36.8 Å². The van der Waals surface area contributed by atoms with Crippen molar-refractivity contribution in [1.29, 1.82) is 0 Å². The summed E-state index contributed by atoms with van der Waals surface area (Å²) in [6.07, 6.45) is 8.98. The first kappa shape index (κ1) is 16.7. The average molecular weight is 325 g/mol. The topological polar surface area (TPSA) is 38.1 Å². The van der Waals surface area contributed by atoms with Crippen LogP contribution in [0.25, 0.3) is 0 Å². The molecule has 24 heavy (non-hydrogen) atoms. The molecule has 1 saturated carbocycles. The highest BCUT2D eigenvalue weighted by Gasteiger charge is 2.27. The molecule has 1 amide bonds. The van der Waals surface area contributed by atoms with Crippen LogP contribution in [0.4, 0.5) is 0 Å². The molecular formula is C20H27N3O. The molecule has 0 unspecified atom stereocenters. The zero-order valence-corrected chi connectivity index (χ0v) is 14.7. The van der Waals surface area contributed by atoms with E-state index in [1.165, 1.54) is 24.8 Å². The van der Waals surface area contributed by atoms with E-state index in [9.17, 15) is 4.79 Å². The number of carbonyl (C=O) groups excluding carboxylic acids is 1. The summed E-state index contributed by atoms with van der Waals surface area (Å²) < 4.78 is 1.79. The second kappa shape index (κ2) is 7.65. The molecule has 4 heteroatoms. The minimum atomic E-state index is 0.133. The fourth-order valence-corrected chi connectivity index (χ4v) is 3.34. The lowest BCUT2D eigenvalue weighted by molar-refractivity contribution is -0.134. The van der Waals surface area contributed by atoms with Crippen LogP contribution in [-0.2, 0) is 18.3 Å². The summed E-state index contributed by atoms with van der Waals surface area (Å²) in [7, 11) is 1.91. The maximum atomic E-state index is 12.9. The first-order valence-corrected chi connectivity index (χ1v) is 8.95. The van der Waals surface area contributed by atoms with Gasteiger partial charge in [-0.15, -0.1) is 0 Å². The molecular weight excluding hydrogens is 298 g/mol. The minimum Gasteiger partial charge on any atom is -0.336 e. The fourth-order valence-electron chi connectivity index (χ4n) is 3.34. The van der Waals surface area contributed by atoms with Crippen molar-refractivity contribution in [3.63, 3.8) is 0 Å². The zero-order valence-electron chi connectivity index (χ0n) is 14.7. The summed E-state index contributed by atoms with van der Waals surface area (Å²) in [5.74, 6) is 0.931. The SMILES string of the molecule is C[C@@H](c1ccccc1)N(CC1CCC1)C(=O)CCc1cnn(C)c1. The van der Waals surface area contributed by atoms with Gasteiger partial charge in [-0.25, -0.2) is 0 Å². The van der Waals surface area contributed by atoms with Gasteiger partial charge in [0.15, 0.2) is 0 Å². The van der Waals surface area contributed by atoms with Crippen LogP contribution >= 0.6 is 0 Å². The Bertz CT molecular complexity index is 661. The van der Waals surface area contributed by atoms with Crippen molar-refractivity contribution >= 4 is 5.91 Å². The highest BCUT2D eigenvalue weighted by Crippen LogP contribution is 2.31. The average Bonchev–Trinajstić information content (AvgIpc) is 2.97. The number of amides is 1. The number of carbonyl (C=O) groups is 1. The molecule has 1 atom stereocenters. The molecule has 1 heterocycles. The van der Waals surface area contributed by atoms with Crippen molar-refractivity contribution < 1.29 is 4.79 Å². The molecule has 1 aromatic carbocycles. The molecule has 0 saturated heterocycles. The van der Waals surface area contributed by atoms with Gasteiger partial charge in [-0.05, 0) is 43.2 Å². The Kier molecular flexibility index (Phi) is 5.34. The van der Waals surface area contributed by atoms with Crippen molar-refractivity contribution in [2.75, 3.05) is 6.54 Å². The van der Waals surface area contributed by atoms with Crippen LogP contribution in [0.5, 0.6) is 0 Å². The van der Waals surface area contributed by atoms with Gasteiger partial charge in [0.05, 0.1) is 12.2 Å². The monoisotopic (exact) mass is 325 g/mol. The molecule has 0 radical (unpaired) electrons. The standard InChI is InChI=1S/C20H27N3O/c1-16(19-9-4-3-5-10-19)23(15-17-7-6-8-17)20(24)12-11-18-13-21-22(2)14-18/h3-5,9-10,13-14,16-17H,6-8,11-12,15H2,1-2H3/t16-/m0/s1. The van der Waals surface area contributed by atoms with Gasteiger partial charge in [0.2, 0.25) is 5.91 Å². The quantitative estimate of drug-likeness (QED) is 0.778. The Morgan fingerprint density at radius 3 is 2.67 bits per heavy atom. The molecule has 3 rings (SSSR count). The Morgan fingerprint density at radius 2 is 2.08 bits per heavy atom. The van der Waals surface area contributed by atoms with Crippen molar-refractivity contribution in [3.8, 4) is 0 Å². The third-order valence-electron chi connectivity index (χ3n) is 5.14. The van der Waals surface area contributed by atoms with Crippen molar-refractivity contribution in [3.05, 3.63) is 53.9 Å². The molecule has 1 aliphatic carbocycles. The summed E-state index contributed by atoms with van der Waals surface area (Å²) in [6, 6.07) is 10.5. The number of hydrogen-bond acceptors (Lipinski definition) is 2. The maximum Gasteiger partial charge on any atom is 0.223 e. The molecule has 1 fully saturated rings. The van der Waals surface area contributed by atoms with Crippen LogP contribution in [0.1, 0.15) is 49.8 Å². The highest BCUT2D eigenvalue weighted by molar-refractivity contribution is 5.77. The molecule has 0 spiro atoms. The van der Waals surface area contributed by atoms with Gasteiger partial charge in [-0.3, -0.25) is 9.48 Å². The third-order valence-corrected chi connectivity index (χ3v) is 5.14. The summed E-state index contributed by atoms with van der Waals surface area (Å²) in [6.45, 7) is 3.04. The van der Waals surface area contributed by atoms with E-state index in [1.807, 2.05) is 37.6 Å². The second-order valence-electron chi connectivity index (χ2n) is 6.95. The van der Waals surface area contributed by atoms with E-state index in [4.69, 9.17) is 0 Å². The predicted molar refractivity (Wildman–Crippen MR) is 95.4 cm³/mol. The van der Waals surface area contributed by atoms with E-state index in [2.05, 4.69) is 29.1 Å². The lowest BCUT2D eigenvalue weighted by atomic mass is 9.84. The number of nitrogens with zero attached hydrogens (tertiary/aromatic N) is 3. The molecule has 2 aromatic rings. The van der Waals surface area contributed by atoms with Crippen LogP contribution < -0.4 is 0 Å². The van der Waals surface area contributed by atoms with Crippen LogP contribution in [0.3, 0.4) is 0 Å². The van der Waals surface area contributed by atoms with Gasteiger partial charge in [-0.2, -0.15) is 5.10 Å². The van der Waals surface area contributed by atoms with Crippen LogP contribution in [0, 0.1) is 5.92 Å². The van der Waals surface area contributed by atoms with Crippen molar-refractivity contribution in [2.24, 2.45) is 13.0 Å². The van der Waals surface area contributed by atoms with Gasteiger partial charge in [0.1, 0.15) is 0 Å². The summed E-state index contributed by atoms with van der Waals surface area (Å²) in [4.78, 5) is 15.0. The highest BCUT2D eigenvalue weighted by atomic mass is 16.2. The van der Waals surface area contributed by atoms with E-state index in [-0.39, 0.29) is 11.9 Å². The first-order valence-electron chi connectivity index (χ1n) is 8.95. The predicted octanol–water partition coefficient (Wildman–Crippen LogP) is 3.74. The van der Waals surface area contributed by atoms with E-state index in [1.54, 1.807) is 4.68 Å². The van der Waals surface area contributed by atoms with Gasteiger partial charge >= 0.3 is 0 Å². The maximum absolute atomic E-state index is 12.9. The Labute approximate surface area is 144 Å². The van der Waals surface area contributed by atoms with Gasteiger partial charge in [0.25, 0.3) is 0 Å². The third kappa shape index (κ3) is 4.05. The molecule has 1 aromatic heterocycles. The van der Waals surface area contributed by atoms with Crippen molar-refractivity contribution in [1.82, 2.24) is 14.7 Å². The normalized spacial score (nSPS) is 15.8. The van der Waals surface area contributed by atoms with E-state index in [0.717, 1.165) is 18.5 Å². The Morgan fingerprint density at radius 1 is 1.33 bits per heavy atom. The van der Waals surface area contributed by atoms with E-state index < -0.39 is 0 Å². The van der Waals surface area contributed by atoms with Gasteiger partial charge < -0.3 is 4.90 Å². The minimum absolute atomic E-state index is 0.133. The molecule has 1 aliphatic rings.